The number of pyridine rings is 1. The van der Waals surface area contributed by atoms with E-state index in [9.17, 15) is 0 Å². The van der Waals surface area contributed by atoms with Crippen LogP contribution in [0, 0.1) is 5.92 Å². The minimum absolute atomic E-state index is 0.285. The lowest BCUT2D eigenvalue weighted by Crippen LogP contribution is -2.29. The number of nitrogens with one attached hydrogen (secondary N) is 1. The van der Waals surface area contributed by atoms with Crippen molar-refractivity contribution in [2.45, 2.75) is 58.6 Å². The Morgan fingerprint density at radius 1 is 1.42 bits per heavy atom. The average molecular weight is 262 g/mol. The molecule has 3 atom stereocenters. The molecule has 1 N–H and O–H groups in total. The number of ether oxygens (including phenoxy) is 1. The zero-order chi connectivity index (χ0) is 13.7. The normalized spacial score (nSPS) is 25.0. The predicted molar refractivity (Wildman–Crippen MR) is 78.4 cm³/mol. The Hall–Kier alpha value is -1.09. The van der Waals surface area contributed by atoms with Crippen LogP contribution in [-0.4, -0.2) is 17.6 Å². The first-order valence-electron chi connectivity index (χ1n) is 7.57. The SMILES string of the molecule is CCNC(C)c1cccnc1OC1CCCCC1C. The van der Waals surface area contributed by atoms with Crippen molar-refractivity contribution in [2.75, 3.05) is 6.54 Å². The van der Waals surface area contributed by atoms with Gasteiger partial charge in [-0.15, -0.1) is 0 Å². The quantitative estimate of drug-likeness (QED) is 0.878. The second kappa shape index (κ2) is 6.90. The van der Waals surface area contributed by atoms with Crippen LogP contribution in [0.25, 0.3) is 0 Å². The third kappa shape index (κ3) is 3.69. The standard InChI is InChI=1S/C16H26N2O/c1-4-17-13(3)14-9-7-11-18-16(14)19-15-10-6-5-8-12(15)2/h7,9,11-13,15,17H,4-6,8,10H2,1-3H3. The lowest BCUT2D eigenvalue weighted by atomic mass is 9.88. The third-order valence-electron chi connectivity index (χ3n) is 4.07. The van der Waals surface area contributed by atoms with Gasteiger partial charge in [-0.3, -0.25) is 0 Å². The Morgan fingerprint density at radius 2 is 2.21 bits per heavy atom. The van der Waals surface area contributed by atoms with Gasteiger partial charge in [0.2, 0.25) is 5.88 Å². The van der Waals surface area contributed by atoms with Crippen LogP contribution < -0.4 is 10.1 Å². The van der Waals surface area contributed by atoms with E-state index >= 15 is 0 Å². The molecule has 0 aromatic carbocycles. The van der Waals surface area contributed by atoms with Crippen molar-refractivity contribution in [3.8, 4) is 5.88 Å². The van der Waals surface area contributed by atoms with Crippen LogP contribution in [0.4, 0.5) is 0 Å². The molecule has 0 bridgehead atoms. The lowest BCUT2D eigenvalue weighted by Gasteiger charge is -2.30. The summed E-state index contributed by atoms with van der Waals surface area (Å²) >= 11 is 0. The van der Waals surface area contributed by atoms with Gasteiger partial charge in [-0.2, -0.15) is 0 Å². The minimum Gasteiger partial charge on any atom is -0.474 e. The van der Waals surface area contributed by atoms with E-state index in [0.29, 0.717) is 12.0 Å². The van der Waals surface area contributed by atoms with Crippen LogP contribution in [-0.2, 0) is 0 Å². The number of aromatic nitrogens is 1. The molecule has 0 spiro atoms. The maximum atomic E-state index is 6.22. The van der Waals surface area contributed by atoms with Crippen molar-refractivity contribution in [1.29, 1.82) is 0 Å². The summed E-state index contributed by atoms with van der Waals surface area (Å²) in [6.45, 7) is 7.53. The maximum absolute atomic E-state index is 6.22. The molecule has 106 valence electrons. The smallest absolute Gasteiger partial charge is 0.218 e. The first kappa shape index (κ1) is 14.3. The van der Waals surface area contributed by atoms with Crippen molar-refractivity contribution >= 4 is 0 Å². The molecule has 1 heterocycles. The lowest BCUT2D eigenvalue weighted by molar-refractivity contribution is 0.0958. The van der Waals surface area contributed by atoms with E-state index in [1.165, 1.54) is 24.8 Å². The fraction of sp³-hybridized carbons (Fsp3) is 0.688. The van der Waals surface area contributed by atoms with Crippen LogP contribution in [0.5, 0.6) is 5.88 Å². The molecule has 3 heteroatoms. The van der Waals surface area contributed by atoms with E-state index in [2.05, 4.69) is 37.1 Å². The van der Waals surface area contributed by atoms with E-state index in [1.807, 2.05) is 12.3 Å². The van der Waals surface area contributed by atoms with Crippen molar-refractivity contribution < 1.29 is 4.74 Å². The van der Waals surface area contributed by atoms with Crippen LogP contribution in [0.1, 0.15) is 58.1 Å². The van der Waals surface area contributed by atoms with E-state index in [-0.39, 0.29) is 6.04 Å². The molecule has 1 aliphatic rings. The van der Waals surface area contributed by atoms with Crippen LogP contribution in [0.3, 0.4) is 0 Å². The molecule has 3 nitrogen and oxygen atoms in total. The summed E-state index contributed by atoms with van der Waals surface area (Å²) < 4.78 is 6.22. The third-order valence-corrected chi connectivity index (χ3v) is 4.07. The van der Waals surface area contributed by atoms with Gasteiger partial charge in [0.1, 0.15) is 6.10 Å². The summed E-state index contributed by atoms with van der Waals surface area (Å²) in [5.41, 5.74) is 1.17. The van der Waals surface area contributed by atoms with Gasteiger partial charge >= 0.3 is 0 Å². The first-order chi connectivity index (χ1) is 9.22. The molecule has 1 aliphatic carbocycles. The summed E-state index contributed by atoms with van der Waals surface area (Å²) in [6.07, 6.45) is 7.20. The van der Waals surface area contributed by atoms with Gasteiger partial charge < -0.3 is 10.1 Å². The first-order valence-corrected chi connectivity index (χ1v) is 7.57. The average Bonchev–Trinajstić information content (AvgIpc) is 2.42. The monoisotopic (exact) mass is 262 g/mol. The van der Waals surface area contributed by atoms with Crippen LogP contribution >= 0.6 is 0 Å². The van der Waals surface area contributed by atoms with Gasteiger partial charge in [-0.25, -0.2) is 4.98 Å². The topological polar surface area (TPSA) is 34.2 Å². The fourth-order valence-corrected chi connectivity index (χ4v) is 2.85. The Bertz CT molecular complexity index is 394. The molecule has 0 saturated heterocycles. The maximum Gasteiger partial charge on any atom is 0.218 e. The highest BCUT2D eigenvalue weighted by Gasteiger charge is 2.24. The van der Waals surface area contributed by atoms with Crippen molar-refractivity contribution in [3.63, 3.8) is 0 Å². The van der Waals surface area contributed by atoms with E-state index < -0.39 is 0 Å². The van der Waals surface area contributed by atoms with Gasteiger partial charge in [0.15, 0.2) is 0 Å². The molecule has 1 fully saturated rings. The molecule has 0 amide bonds. The Kier molecular flexibility index (Phi) is 5.20. The van der Waals surface area contributed by atoms with Gasteiger partial charge in [0, 0.05) is 17.8 Å². The zero-order valence-corrected chi connectivity index (χ0v) is 12.4. The van der Waals surface area contributed by atoms with Crippen molar-refractivity contribution in [1.82, 2.24) is 10.3 Å². The van der Waals surface area contributed by atoms with E-state index in [0.717, 1.165) is 18.8 Å². The highest BCUT2D eigenvalue weighted by molar-refractivity contribution is 5.28. The Labute approximate surface area is 116 Å². The Morgan fingerprint density at radius 3 is 2.95 bits per heavy atom. The largest absolute Gasteiger partial charge is 0.474 e. The molecule has 0 aliphatic heterocycles. The van der Waals surface area contributed by atoms with E-state index in [1.54, 1.807) is 0 Å². The van der Waals surface area contributed by atoms with Gasteiger partial charge in [0.25, 0.3) is 0 Å². The van der Waals surface area contributed by atoms with E-state index in [4.69, 9.17) is 4.74 Å². The summed E-state index contributed by atoms with van der Waals surface area (Å²) in [7, 11) is 0. The second-order valence-corrected chi connectivity index (χ2v) is 5.60. The van der Waals surface area contributed by atoms with Crippen molar-refractivity contribution in [3.05, 3.63) is 23.9 Å². The van der Waals surface area contributed by atoms with Gasteiger partial charge in [-0.05, 0) is 44.7 Å². The van der Waals surface area contributed by atoms with Gasteiger partial charge in [-0.1, -0.05) is 26.3 Å². The number of rotatable bonds is 5. The highest BCUT2D eigenvalue weighted by Crippen LogP contribution is 2.30. The Balaban J connectivity index is 2.10. The van der Waals surface area contributed by atoms with Crippen molar-refractivity contribution in [2.24, 2.45) is 5.92 Å². The molecule has 1 aromatic heterocycles. The molecule has 3 unspecified atom stereocenters. The summed E-state index contributed by atoms with van der Waals surface area (Å²) in [5, 5.41) is 3.43. The van der Waals surface area contributed by atoms with Gasteiger partial charge in [0.05, 0.1) is 0 Å². The number of hydrogen-bond acceptors (Lipinski definition) is 3. The highest BCUT2D eigenvalue weighted by atomic mass is 16.5. The second-order valence-electron chi connectivity index (χ2n) is 5.60. The van der Waals surface area contributed by atoms with Crippen LogP contribution in [0.2, 0.25) is 0 Å². The predicted octanol–water partition coefficient (Wildman–Crippen LogP) is 3.71. The minimum atomic E-state index is 0.285. The fourth-order valence-electron chi connectivity index (χ4n) is 2.85. The van der Waals surface area contributed by atoms with Crippen LogP contribution in [0.15, 0.2) is 18.3 Å². The number of nitrogens with zero attached hydrogens (tertiary/aromatic N) is 1. The molecule has 1 saturated carbocycles. The zero-order valence-electron chi connectivity index (χ0n) is 12.4. The molecule has 1 aromatic rings. The molecule has 0 radical (unpaired) electrons. The summed E-state index contributed by atoms with van der Waals surface area (Å²) in [6, 6.07) is 4.39. The number of hydrogen-bond donors (Lipinski definition) is 1. The summed E-state index contributed by atoms with van der Waals surface area (Å²) in [4.78, 5) is 4.45. The summed E-state index contributed by atoms with van der Waals surface area (Å²) in [5.74, 6) is 1.45. The molecular formula is C16H26N2O. The molecule has 2 rings (SSSR count). The molecule has 19 heavy (non-hydrogen) atoms. The molecular weight excluding hydrogens is 236 g/mol.